The van der Waals surface area contributed by atoms with Crippen LogP contribution in [0, 0.1) is 6.92 Å². The van der Waals surface area contributed by atoms with Crippen molar-refractivity contribution in [2.45, 2.75) is 13.5 Å². The highest BCUT2D eigenvalue weighted by Crippen LogP contribution is 2.15. The molecule has 1 aliphatic rings. The molecule has 0 atom stereocenters. The van der Waals surface area contributed by atoms with Crippen molar-refractivity contribution < 1.29 is 9.32 Å². The molecule has 0 N–H and O–H groups in total. The predicted octanol–water partition coefficient (Wildman–Crippen LogP) is 2.00. The topological polar surface area (TPSA) is 49.6 Å². The number of piperazine rings is 1. The van der Waals surface area contributed by atoms with E-state index in [9.17, 15) is 4.79 Å². The van der Waals surface area contributed by atoms with Crippen molar-refractivity contribution >= 4 is 17.2 Å². The Bertz CT molecular complexity index is 571. The number of hydrogen-bond acceptors (Lipinski definition) is 5. The molecule has 0 spiro atoms. The number of carbonyl (C=O) groups excluding carboxylic acids is 1. The van der Waals surface area contributed by atoms with E-state index < -0.39 is 0 Å². The van der Waals surface area contributed by atoms with Gasteiger partial charge in [0.25, 0.3) is 5.91 Å². The third-order valence-electron chi connectivity index (χ3n) is 3.45. The van der Waals surface area contributed by atoms with Crippen LogP contribution in [0.2, 0.25) is 0 Å². The lowest BCUT2D eigenvalue weighted by atomic mass is 10.2. The molecule has 0 bridgehead atoms. The van der Waals surface area contributed by atoms with Crippen LogP contribution in [0.5, 0.6) is 0 Å². The summed E-state index contributed by atoms with van der Waals surface area (Å²) in [6.07, 6.45) is 0. The van der Waals surface area contributed by atoms with Gasteiger partial charge in [0.2, 0.25) is 0 Å². The quantitative estimate of drug-likeness (QED) is 0.868. The second-order valence-electron chi connectivity index (χ2n) is 4.98. The van der Waals surface area contributed by atoms with Crippen LogP contribution in [0.1, 0.15) is 21.1 Å². The van der Waals surface area contributed by atoms with Crippen LogP contribution < -0.4 is 0 Å². The highest BCUT2D eigenvalue weighted by atomic mass is 32.1. The minimum atomic E-state index is 0.148. The number of thiophene rings is 1. The number of carbonyl (C=O) groups is 1. The summed E-state index contributed by atoms with van der Waals surface area (Å²) < 4.78 is 5.23. The van der Waals surface area contributed by atoms with E-state index in [4.69, 9.17) is 4.52 Å². The zero-order valence-corrected chi connectivity index (χ0v) is 12.2. The third kappa shape index (κ3) is 2.91. The first kappa shape index (κ1) is 13.3. The van der Waals surface area contributed by atoms with Crippen molar-refractivity contribution in [2.24, 2.45) is 0 Å². The molecule has 0 radical (unpaired) electrons. The zero-order chi connectivity index (χ0) is 13.9. The molecule has 106 valence electrons. The average Bonchev–Trinajstić information content (AvgIpc) is 3.11. The van der Waals surface area contributed by atoms with Gasteiger partial charge < -0.3 is 9.42 Å². The number of amides is 1. The van der Waals surface area contributed by atoms with Crippen molar-refractivity contribution in [1.82, 2.24) is 15.0 Å². The first-order valence-corrected chi connectivity index (χ1v) is 7.57. The van der Waals surface area contributed by atoms with Crippen LogP contribution in [-0.2, 0) is 6.54 Å². The monoisotopic (exact) mass is 291 g/mol. The third-order valence-corrected chi connectivity index (χ3v) is 4.31. The second kappa shape index (κ2) is 5.76. The van der Waals surface area contributed by atoms with Crippen LogP contribution in [0.4, 0.5) is 0 Å². The fourth-order valence-corrected chi connectivity index (χ4v) is 3.07. The molecule has 0 saturated carbocycles. The van der Waals surface area contributed by atoms with Gasteiger partial charge in [0.05, 0.1) is 17.1 Å². The van der Waals surface area contributed by atoms with Crippen molar-refractivity contribution in [2.75, 3.05) is 26.2 Å². The van der Waals surface area contributed by atoms with Gasteiger partial charge in [0.1, 0.15) is 0 Å². The lowest BCUT2D eigenvalue weighted by molar-refractivity contribution is 0.0622. The standard InChI is InChI=1S/C14H17N3O2S/c1-11-9-12(19-15-11)10-16-4-6-17(7-5-16)14(18)13-3-2-8-20-13/h2-3,8-9H,4-7,10H2,1H3. The smallest absolute Gasteiger partial charge is 0.264 e. The lowest BCUT2D eigenvalue weighted by Gasteiger charge is -2.33. The van der Waals surface area contributed by atoms with E-state index in [0.717, 1.165) is 49.1 Å². The van der Waals surface area contributed by atoms with Crippen LogP contribution in [0.15, 0.2) is 28.1 Å². The van der Waals surface area contributed by atoms with Gasteiger partial charge in [-0.05, 0) is 18.4 Å². The van der Waals surface area contributed by atoms with Crippen molar-refractivity contribution in [3.05, 3.63) is 39.9 Å². The molecule has 5 nitrogen and oxygen atoms in total. The number of nitrogens with zero attached hydrogens (tertiary/aromatic N) is 3. The van der Waals surface area contributed by atoms with Gasteiger partial charge in [0.15, 0.2) is 5.76 Å². The Balaban J connectivity index is 1.53. The fourth-order valence-electron chi connectivity index (χ4n) is 2.38. The van der Waals surface area contributed by atoms with Crippen molar-refractivity contribution in [3.8, 4) is 0 Å². The Morgan fingerprint density at radius 2 is 2.20 bits per heavy atom. The molecular weight excluding hydrogens is 274 g/mol. The summed E-state index contributed by atoms with van der Waals surface area (Å²) in [4.78, 5) is 17.3. The average molecular weight is 291 g/mol. The minimum Gasteiger partial charge on any atom is -0.360 e. The number of rotatable bonds is 3. The van der Waals surface area contributed by atoms with Crippen LogP contribution in [-0.4, -0.2) is 47.0 Å². The molecule has 20 heavy (non-hydrogen) atoms. The van der Waals surface area contributed by atoms with E-state index in [2.05, 4.69) is 10.1 Å². The largest absolute Gasteiger partial charge is 0.360 e. The molecule has 0 aromatic carbocycles. The van der Waals surface area contributed by atoms with Gasteiger partial charge in [-0.1, -0.05) is 11.2 Å². The molecule has 1 saturated heterocycles. The normalized spacial score (nSPS) is 16.6. The predicted molar refractivity (Wildman–Crippen MR) is 76.7 cm³/mol. The van der Waals surface area contributed by atoms with Crippen LogP contribution in [0.25, 0.3) is 0 Å². The van der Waals surface area contributed by atoms with Gasteiger partial charge in [-0.25, -0.2) is 0 Å². The van der Waals surface area contributed by atoms with Crippen LogP contribution in [0.3, 0.4) is 0 Å². The first-order valence-electron chi connectivity index (χ1n) is 6.70. The Kier molecular flexibility index (Phi) is 3.84. The lowest BCUT2D eigenvalue weighted by Crippen LogP contribution is -2.48. The molecule has 0 aliphatic carbocycles. The molecule has 0 unspecified atom stereocenters. The summed E-state index contributed by atoms with van der Waals surface area (Å²) in [7, 11) is 0. The summed E-state index contributed by atoms with van der Waals surface area (Å²) in [5, 5.41) is 5.83. The zero-order valence-electron chi connectivity index (χ0n) is 11.4. The summed E-state index contributed by atoms with van der Waals surface area (Å²) in [6, 6.07) is 5.76. The Labute approximate surface area is 121 Å². The van der Waals surface area contributed by atoms with E-state index in [0.29, 0.717) is 0 Å². The van der Waals surface area contributed by atoms with Gasteiger partial charge in [-0.2, -0.15) is 0 Å². The van der Waals surface area contributed by atoms with Gasteiger partial charge in [0, 0.05) is 32.2 Å². The highest BCUT2D eigenvalue weighted by Gasteiger charge is 2.23. The maximum absolute atomic E-state index is 12.2. The van der Waals surface area contributed by atoms with E-state index in [-0.39, 0.29) is 5.91 Å². The summed E-state index contributed by atoms with van der Waals surface area (Å²) in [5.74, 6) is 1.04. The Morgan fingerprint density at radius 3 is 2.80 bits per heavy atom. The summed E-state index contributed by atoms with van der Waals surface area (Å²) in [6.45, 7) is 5.97. The summed E-state index contributed by atoms with van der Waals surface area (Å²) >= 11 is 1.50. The molecule has 3 heterocycles. The number of hydrogen-bond donors (Lipinski definition) is 0. The van der Waals surface area contributed by atoms with Crippen LogP contribution >= 0.6 is 11.3 Å². The van der Waals surface area contributed by atoms with Crippen molar-refractivity contribution in [3.63, 3.8) is 0 Å². The SMILES string of the molecule is Cc1cc(CN2CCN(C(=O)c3cccs3)CC2)on1. The highest BCUT2D eigenvalue weighted by molar-refractivity contribution is 7.12. The maximum Gasteiger partial charge on any atom is 0.264 e. The fraction of sp³-hybridized carbons (Fsp3) is 0.429. The van der Waals surface area contributed by atoms with Crippen molar-refractivity contribution in [1.29, 1.82) is 0 Å². The molecular formula is C14H17N3O2S. The van der Waals surface area contributed by atoms with Gasteiger partial charge in [-0.3, -0.25) is 9.69 Å². The molecule has 3 rings (SSSR count). The van der Waals surface area contributed by atoms with E-state index in [1.54, 1.807) is 0 Å². The maximum atomic E-state index is 12.2. The molecule has 2 aromatic rings. The molecule has 2 aromatic heterocycles. The second-order valence-corrected chi connectivity index (χ2v) is 5.93. The van der Waals surface area contributed by atoms with Gasteiger partial charge >= 0.3 is 0 Å². The number of aromatic nitrogens is 1. The Hall–Kier alpha value is -1.66. The molecule has 1 fully saturated rings. The molecule has 6 heteroatoms. The minimum absolute atomic E-state index is 0.148. The molecule has 1 aliphatic heterocycles. The molecule has 1 amide bonds. The summed E-state index contributed by atoms with van der Waals surface area (Å²) in [5.41, 5.74) is 0.909. The Morgan fingerprint density at radius 1 is 1.40 bits per heavy atom. The van der Waals surface area contributed by atoms with Gasteiger partial charge in [-0.15, -0.1) is 11.3 Å². The first-order chi connectivity index (χ1) is 9.72. The van der Waals surface area contributed by atoms with E-state index in [1.165, 1.54) is 11.3 Å². The van der Waals surface area contributed by atoms with E-state index >= 15 is 0 Å². The van der Waals surface area contributed by atoms with E-state index in [1.807, 2.05) is 35.4 Å². The number of aryl methyl sites for hydroxylation is 1.